The molecule has 0 amide bonds. The normalized spacial score (nSPS) is 12.4. The summed E-state index contributed by atoms with van der Waals surface area (Å²) >= 11 is 0. The molecule has 2 rings (SSSR count). The van der Waals surface area contributed by atoms with Crippen molar-refractivity contribution in [1.29, 1.82) is 0 Å². The second kappa shape index (κ2) is 6.52. The van der Waals surface area contributed by atoms with E-state index in [0.29, 0.717) is 12.0 Å². The third-order valence-corrected chi connectivity index (χ3v) is 3.26. The Morgan fingerprint density at radius 1 is 1.45 bits per heavy atom. The first-order valence-electron chi connectivity index (χ1n) is 6.69. The Kier molecular flexibility index (Phi) is 4.74. The Balaban J connectivity index is 2.24. The number of aryl methyl sites for hydroxylation is 1. The molecule has 5 heteroatoms. The monoisotopic (exact) mass is 277 g/mol. The molecular formula is C15H20FN3O. The molecule has 0 radical (unpaired) electrons. The van der Waals surface area contributed by atoms with E-state index in [-0.39, 0.29) is 17.6 Å². The molecule has 1 unspecified atom stereocenters. The van der Waals surface area contributed by atoms with Gasteiger partial charge in [-0.2, -0.15) is 5.10 Å². The zero-order chi connectivity index (χ0) is 14.5. The number of nitrogens with one attached hydrogen (secondary N) is 1. The summed E-state index contributed by atoms with van der Waals surface area (Å²) in [7, 11) is 3.35. The molecule has 1 aromatic heterocycles. The van der Waals surface area contributed by atoms with Gasteiger partial charge in [-0.15, -0.1) is 0 Å². The lowest BCUT2D eigenvalue weighted by atomic mass is 10.0. The van der Waals surface area contributed by atoms with Crippen molar-refractivity contribution >= 4 is 0 Å². The van der Waals surface area contributed by atoms with Crippen LogP contribution in [0.25, 0.3) is 0 Å². The molecule has 0 saturated heterocycles. The minimum Gasteiger partial charge on any atom is -0.494 e. The lowest BCUT2D eigenvalue weighted by Gasteiger charge is -2.17. The fourth-order valence-corrected chi connectivity index (χ4v) is 2.27. The van der Waals surface area contributed by atoms with Crippen LogP contribution in [0.3, 0.4) is 0 Å². The molecule has 20 heavy (non-hydrogen) atoms. The molecule has 0 spiro atoms. The lowest BCUT2D eigenvalue weighted by Crippen LogP contribution is -2.23. The second-order valence-corrected chi connectivity index (χ2v) is 4.70. The topological polar surface area (TPSA) is 39.1 Å². The van der Waals surface area contributed by atoms with Crippen molar-refractivity contribution in [1.82, 2.24) is 15.1 Å². The summed E-state index contributed by atoms with van der Waals surface area (Å²) in [5.41, 5.74) is 1.69. The standard InChI is InChI=1S/C15H20FN3O/c1-4-17-13(12-9-18-19(2)10-12)8-11-6-5-7-14(20-3)15(11)16/h5-7,9-10,13,17H,4,8H2,1-3H3. The van der Waals surface area contributed by atoms with Gasteiger partial charge < -0.3 is 10.1 Å². The van der Waals surface area contributed by atoms with Crippen molar-refractivity contribution in [2.24, 2.45) is 7.05 Å². The molecule has 1 N–H and O–H groups in total. The molecule has 0 bridgehead atoms. The molecule has 0 saturated carbocycles. The highest BCUT2D eigenvalue weighted by Crippen LogP contribution is 2.25. The average molecular weight is 277 g/mol. The van der Waals surface area contributed by atoms with E-state index in [2.05, 4.69) is 10.4 Å². The summed E-state index contributed by atoms with van der Waals surface area (Å²) in [4.78, 5) is 0. The predicted molar refractivity (Wildman–Crippen MR) is 76.3 cm³/mol. The number of hydrogen-bond donors (Lipinski definition) is 1. The maximum absolute atomic E-state index is 14.2. The van der Waals surface area contributed by atoms with Crippen LogP contribution in [0.5, 0.6) is 5.75 Å². The third kappa shape index (κ3) is 3.17. The molecule has 4 nitrogen and oxygen atoms in total. The van der Waals surface area contributed by atoms with Gasteiger partial charge in [0.25, 0.3) is 0 Å². The van der Waals surface area contributed by atoms with Crippen molar-refractivity contribution in [3.63, 3.8) is 0 Å². The largest absolute Gasteiger partial charge is 0.494 e. The molecule has 0 fully saturated rings. The highest BCUT2D eigenvalue weighted by atomic mass is 19.1. The summed E-state index contributed by atoms with van der Waals surface area (Å²) in [6.45, 7) is 2.84. The first-order chi connectivity index (χ1) is 9.65. The zero-order valence-electron chi connectivity index (χ0n) is 12.1. The fourth-order valence-electron chi connectivity index (χ4n) is 2.27. The number of likely N-dealkylation sites (N-methyl/N-ethyl adjacent to an activating group) is 1. The van der Waals surface area contributed by atoms with Gasteiger partial charge in [0.1, 0.15) is 0 Å². The van der Waals surface area contributed by atoms with E-state index in [0.717, 1.165) is 12.1 Å². The van der Waals surface area contributed by atoms with Crippen LogP contribution in [0, 0.1) is 5.82 Å². The fraction of sp³-hybridized carbons (Fsp3) is 0.400. The maximum atomic E-state index is 14.2. The Bertz CT molecular complexity index is 568. The summed E-state index contributed by atoms with van der Waals surface area (Å²) in [5, 5.41) is 7.54. The predicted octanol–water partition coefficient (Wildman–Crippen LogP) is 2.46. The number of benzene rings is 1. The van der Waals surface area contributed by atoms with Gasteiger partial charge in [0.15, 0.2) is 11.6 Å². The van der Waals surface area contributed by atoms with Gasteiger partial charge in [0.2, 0.25) is 0 Å². The first kappa shape index (κ1) is 14.5. The van der Waals surface area contributed by atoms with Gasteiger partial charge in [0, 0.05) is 24.8 Å². The van der Waals surface area contributed by atoms with Crippen LogP contribution in [0.15, 0.2) is 30.6 Å². The number of rotatable bonds is 6. The average Bonchev–Trinajstić information content (AvgIpc) is 2.87. The Morgan fingerprint density at radius 2 is 2.25 bits per heavy atom. The quantitative estimate of drug-likeness (QED) is 0.881. The van der Waals surface area contributed by atoms with E-state index in [1.54, 1.807) is 16.8 Å². The van der Waals surface area contributed by atoms with Gasteiger partial charge in [0.05, 0.1) is 13.3 Å². The van der Waals surface area contributed by atoms with Crippen LogP contribution in [-0.4, -0.2) is 23.4 Å². The summed E-state index contributed by atoms with van der Waals surface area (Å²) in [6.07, 6.45) is 4.32. The second-order valence-electron chi connectivity index (χ2n) is 4.70. The van der Waals surface area contributed by atoms with Crippen LogP contribution in [0.1, 0.15) is 24.1 Å². The Morgan fingerprint density at radius 3 is 2.85 bits per heavy atom. The molecule has 0 aliphatic heterocycles. The van der Waals surface area contributed by atoms with Crippen molar-refractivity contribution in [2.45, 2.75) is 19.4 Å². The molecule has 0 aliphatic rings. The van der Waals surface area contributed by atoms with Crippen LogP contribution in [0.2, 0.25) is 0 Å². The third-order valence-electron chi connectivity index (χ3n) is 3.26. The van der Waals surface area contributed by atoms with Gasteiger partial charge in [-0.3, -0.25) is 4.68 Å². The minimum absolute atomic E-state index is 0.0373. The Hall–Kier alpha value is -1.88. The summed E-state index contributed by atoms with van der Waals surface area (Å²) < 4.78 is 21.0. The maximum Gasteiger partial charge on any atom is 0.168 e. The molecule has 108 valence electrons. The van der Waals surface area contributed by atoms with E-state index >= 15 is 0 Å². The molecule has 2 aromatic rings. The molecular weight excluding hydrogens is 257 g/mol. The highest BCUT2D eigenvalue weighted by molar-refractivity contribution is 5.32. The number of nitrogens with zero attached hydrogens (tertiary/aromatic N) is 2. The smallest absolute Gasteiger partial charge is 0.168 e. The zero-order valence-corrected chi connectivity index (χ0v) is 12.1. The van der Waals surface area contributed by atoms with Gasteiger partial charge in [-0.1, -0.05) is 19.1 Å². The van der Waals surface area contributed by atoms with Gasteiger partial charge >= 0.3 is 0 Å². The lowest BCUT2D eigenvalue weighted by molar-refractivity contribution is 0.382. The highest BCUT2D eigenvalue weighted by Gasteiger charge is 2.17. The van der Waals surface area contributed by atoms with Crippen LogP contribution >= 0.6 is 0 Å². The van der Waals surface area contributed by atoms with Crippen molar-refractivity contribution in [2.75, 3.05) is 13.7 Å². The van der Waals surface area contributed by atoms with E-state index in [4.69, 9.17) is 4.74 Å². The molecule has 0 aliphatic carbocycles. The number of ether oxygens (including phenoxy) is 1. The number of halogens is 1. The van der Waals surface area contributed by atoms with E-state index in [1.807, 2.05) is 32.4 Å². The van der Waals surface area contributed by atoms with Crippen molar-refractivity contribution in [3.05, 3.63) is 47.5 Å². The van der Waals surface area contributed by atoms with Gasteiger partial charge in [-0.05, 0) is 24.6 Å². The number of methoxy groups -OCH3 is 1. The number of hydrogen-bond acceptors (Lipinski definition) is 3. The van der Waals surface area contributed by atoms with Crippen molar-refractivity contribution in [3.8, 4) is 5.75 Å². The van der Waals surface area contributed by atoms with Crippen LogP contribution < -0.4 is 10.1 Å². The number of aromatic nitrogens is 2. The van der Waals surface area contributed by atoms with E-state index in [9.17, 15) is 4.39 Å². The van der Waals surface area contributed by atoms with Gasteiger partial charge in [-0.25, -0.2) is 4.39 Å². The van der Waals surface area contributed by atoms with E-state index in [1.165, 1.54) is 7.11 Å². The summed E-state index contributed by atoms with van der Waals surface area (Å²) in [5.74, 6) is -0.00858. The molecule has 1 heterocycles. The first-order valence-corrected chi connectivity index (χ1v) is 6.69. The van der Waals surface area contributed by atoms with Crippen LogP contribution in [-0.2, 0) is 13.5 Å². The summed E-state index contributed by atoms with van der Waals surface area (Å²) in [6, 6.07) is 5.27. The Labute approximate surface area is 118 Å². The SMILES string of the molecule is CCNC(Cc1cccc(OC)c1F)c1cnn(C)c1. The molecule has 1 atom stereocenters. The van der Waals surface area contributed by atoms with Crippen LogP contribution in [0.4, 0.5) is 4.39 Å². The molecule has 1 aromatic carbocycles. The van der Waals surface area contributed by atoms with E-state index < -0.39 is 0 Å². The minimum atomic E-state index is -0.290. The van der Waals surface area contributed by atoms with Crippen molar-refractivity contribution < 1.29 is 9.13 Å².